The van der Waals surface area contributed by atoms with E-state index < -0.39 is 23.8 Å². The molecule has 0 saturated heterocycles. The number of hydrogen-bond donors (Lipinski definition) is 2. The lowest BCUT2D eigenvalue weighted by Gasteiger charge is -2.27. The van der Waals surface area contributed by atoms with Crippen molar-refractivity contribution in [1.29, 1.82) is 0 Å². The summed E-state index contributed by atoms with van der Waals surface area (Å²) in [6.07, 6.45) is 6.36. The second kappa shape index (κ2) is 9.28. The quantitative estimate of drug-likeness (QED) is 0.652. The van der Waals surface area contributed by atoms with Gasteiger partial charge in [-0.3, -0.25) is 9.59 Å². The van der Waals surface area contributed by atoms with Crippen molar-refractivity contribution in [2.24, 2.45) is 17.8 Å². The Morgan fingerprint density at radius 3 is 2.48 bits per heavy atom. The lowest BCUT2D eigenvalue weighted by molar-refractivity contribution is -0.147. The van der Waals surface area contributed by atoms with Gasteiger partial charge >= 0.3 is 11.9 Å². The molecule has 2 aliphatic rings. The molecule has 1 aromatic rings. The van der Waals surface area contributed by atoms with Gasteiger partial charge in [0.1, 0.15) is 5.00 Å². The minimum absolute atomic E-state index is 0.247. The molecule has 3 atom stereocenters. The molecule has 0 spiro atoms. The molecule has 1 fully saturated rings. The summed E-state index contributed by atoms with van der Waals surface area (Å²) in [7, 11) is 0. The number of aliphatic carboxylic acids is 1. The highest BCUT2D eigenvalue weighted by molar-refractivity contribution is 7.17. The van der Waals surface area contributed by atoms with Crippen LogP contribution in [-0.2, 0) is 27.2 Å². The van der Waals surface area contributed by atoms with E-state index in [1.165, 1.54) is 11.3 Å². The highest BCUT2D eigenvalue weighted by Gasteiger charge is 2.37. The largest absolute Gasteiger partial charge is 0.481 e. The zero-order valence-electron chi connectivity index (χ0n) is 17.5. The normalized spacial score (nSPS) is 24.1. The molecule has 1 saturated carbocycles. The predicted molar refractivity (Wildman–Crippen MR) is 112 cm³/mol. The van der Waals surface area contributed by atoms with Gasteiger partial charge in [0.2, 0.25) is 5.91 Å². The average Bonchev–Trinajstić information content (AvgIpc) is 3.04. The fraction of sp³-hybridized carbons (Fsp3) is 0.682. The van der Waals surface area contributed by atoms with Crippen LogP contribution in [0.1, 0.15) is 80.1 Å². The molecule has 0 unspecified atom stereocenters. The number of ether oxygens (including phenoxy) is 1. The molecule has 0 bridgehead atoms. The van der Waals surface area contributed by atoms with Gasteiger partial charge in [-0.15, -0.1) is 11.3 Å². The van der Waals surface area contributed by atoms with Gasteiger partial charge in [0.05, 0.1) is 23.5 Å². The summed E-state index contributed by atoms with van der Waals surface area (Å²) in [5.74, 6) is -2.23. The number of carboxylic acids is 1. The van der Waals surface area contributed by atoms with Crippen LogP contribution in [0, 0.1) is 17.8 Å². The van der Waals surface area contributed by atoms with Crippen molar-refractivity contribution in [3.63, 3.8) is 0 Å². The van der Waals surface area contributed by atoms with Gasteiger partial charge in [-0.2, -0.15) is 0 Å². The maximum atomic E-state index is 13.0. The molecule has 1 amide bonds. The van der Waals surface area contributed by atoms with E-state index in [1.54, 1.807) is 0 Å². The van der Waals surface area contributed by atoms with Crippen LogP contribution in [0.4, 0.5) is 5.00 Å². The zero-order chi connectivity index (χ0) is 21.1. The molecular weight excluding hydrogens is 390 g/mol. The van der Waals surface area contributed by atoms with Gasteiger partial charge in [-0.25, -0.2) is 4.79 Å². The van der Waals surface area contributed by atoms with E-state index in [-0.39, 0.29) is 12.0 Å². The Balaban J connectivity index is 1.89. The molecule has 2 N–H and O–H groups in total. The molecule has 7 heteroatoms. The SMILES string of the molecule is CC[C@H]1CCc2c(sc(NC(=O)[C@H]3CCCC[C@@H]3C(=O)O)c2C(=O)OC(C)C)C1. The Morgan fingerprint density at radius 2 is 1.86 bits per heavy atom. The third kappa shape index (κ3) is 4.82. The fourth-order valence-corrected chi connectivity index (χ4v) is 5.88. The first kappa shape index (κ1) is 21.8. The second-order valence-corrected chi connectivity index (χ2v) is 9.61. The van der Waals surface area contributed by atoms with E-state index in [0.717, 1.165) is 49.0 Å². The van der Waals surface area contributed by atoms with Crippen molar-refractivity contribution in [2.75, 3.05) is 5.32 Å². The van der Waals surface area contributed by atoms with E-state index in [9.17, 15) is 19.5 Å². The molecular formula is C22H31NO5S. The maximum absolute atomic E-state index is 13.0. The molecule has 2 aliphatic carbocycles. The summed E-state index contributed by atoms with van der Waals surface area (Å²) < 4.78 is 5.46. The molecule has 3 rings (SSSR count). The lowest BCUT2D eigenvalue weighted by atomic mass is 9.78. The number of nitrogens with one attached hydrogen (secondary N) is 1. The Morgan fingerprint density at radius 1 is 1.17 bits per heavy atom. The Kier molecular flexibility index (Phi) is 6.98. The summed E-state index contributed by atoms with van der Waals surface area (Å²) in [4.78, 5) is 38.6. The fourth-order valence-electron chi connectivity index (χ4n) is 4.52. The van der Waals surface area contributed by atoms with Crippen LogP contribution in [0.15, 0.2) is 0 Å². The van der Waals surface area contributed by atoms with Crippen molar-refractivity contribution in [3.8, 4) is 0 Å². The minimum atomic E-state index is -0.916. The number of carbonyl (C=O) groups excluding carboxylic acids is 2. The van der Waals surface area contributed by atoms with E-state index >= 15 is 0 Å². The number of hydrogen-bond acceptors (Lipinski definition) is 5. The average molecular weight is 422 g/mol. The molecule has 0 aliphatic heterocycles. The van der Waals surface area contributed by atoms with E-state index in [2.05, 4.69) is 12.2 Å². The number of carbonyl (C=O) groups is 3. The summed E-state index contributed by atoms with van der Waals surface area (Å²) in [6, 6.07) is 0. The molecule has 1 heterocycles. The minimum Gasteiger partial charge on any atom is -0.481 e. The van der Waals surface area contributed by atoms with Crippen LogP contribution in [0.25, 0.3) is 0 Å². The van der Waals surface area contributed by atoms with Crippen molar-refractivity contribution in [3.05, 3.63) is 16.0 Å². The van der Waals surface area contributed by atoms with Crippen molar-refractivity contribution >= 4 is 34.2 Å². The smallest absolute Gasteiger partial charge is 0.341 e. The summed E-state index contributed by atoms with van der Waals surface area (Å²) >= 11 is 1.46. The standard InChI is InChI=1S/C22H31NO5S/c1-4-13-9-10-16-17(11-13)29-20(18(16)22(27)28-12(2)3)23-19(24)14-7-5-6-8-15(14)21(25)26/h12-15H,4-11H2,1-3H3,(H,23,24)(H,25,26)/t13-,14-,15-/m0/s1. The van der Waals surface area contributed by atoms with Crippen LogP contribution in [-0.4, -0.2) is 29.1 Å². The number of anilines is 1. The number of thiophene rings is 1. The Hall–Kier alpha value is -1.89. The van der Waals surface area contributed by atoms with Crippen LogP contribution >= 0.6 is 11.3 Å². The van der Waals surface area contributed by atoms with Gasteiger partial charge in [0, 0.05) is 4.88 Å². The summed E-state index contributed by atoms with van der Waals surface area (Å²) in [6.45, 7) is 5.79. The molecule has 1 aromatic heterocycles. The predicted octanol–water partition coefficient (Wildman–Crippen LogP) is 4.66. The highest BCUT2D eigenvalue weighted by Crippen LogP contribution is 2.41. The summed E-state index contributed by atoms with van der Waals surface area (Å²) in [5, 5.41) is 13.0. The van der Waals surface area contributed by atoms with E-state index in [4.69, 9.17) is 4.74 Å². The highest BCUT2D eigenvalue weighted by atomic mass is 32.1. The van der Waals surface area contributed by atoms with Gasteiger partial charge in [-0.05, 0) is 57.4 Å². The van der Waals surface area contributed by atoms with E-state index in [0.29, 0.717) is 29.3 Å². The van der Waals surface area contributed by atoms with Gasteiger partial charge in [-0.1, -0.05) is 26.2 Å². The first-order valence-corrected chi connectivity index (χ1v) is 11.5. The van der Waals surface area contributed by atoms with Gasteiger partial charge in [0.15, 0.2) is 0 Å². The van der Waals surface area contributed by atoms with Crippen LogP contribution in [0.5, 0.6) is 0 Å². The third-order valence-corrected chi connectivity index (χ3v) is 7.32. The number of esters is 1. The summed E-state index contributed by atoms with van der Waals surface area (Å²) in [5.41, 5.74) is 1.48. The second-order valence-electron chi connectivity index (χ2n) is 8.50. The van der Waals surface area contributed by atoms with Crippen molar-refractivity contribution < 1.29 is 24.2 Å². The first-order chi connectivity index (χ1) is 13.8. The van der Waals surface area contributed by atoms with Gasteiger partial charge < -0.3 is 15.2 Å². The Labute approximate surface area is 176 Å². The number of amides is 1. The molecule has 0 radical (unpaired) electrons. The topological polar surface area (TPSA) is 92.7 Å². The maximum Gasteiger partial charge on any atom is 0.341 e. The number of carboxylic acid groups (broad SMARTS) is 1. The van der Waals surface area contributed by atoms with E-state index in [1.807, 2.05) is 13.8 Å². The monoisotopic (exact) mass is 421 g/mol. The van der Waals surface area contributed by atoms with Crippen molar-refractivity contribution in [1.82, 2.24) is 0 Å². The molecule has 29 heavy (non-hydrogen) atoms. The molecule has 6 nitrogen and oxygen atoms in total. The molecule has 160 valence electrons. The Bertz CT molecular complexity index is 784. The third-order valence-electron chi connectivity index (χ3n) is 6.15. The lowest BCUT2D eigenvalue weighted by Crippen LogP contribution is -2.36. The zero-order valence-corrected chi connectivity index (χ0v) is 18.3. The molecule has 0 aromatic carbocycles. The van der Waals surface area contributed by atoms with Gasteiger partial charge in [0.25, 0.3) is 0 Å². The number of rotatable bonds is 6. The van der Waals surface area contributed by atoms with Crippen molar-refractivity contribution in [2.45, 2.75) is 78.2 Å². The van der Waals surface area contributed by atoms with Crippen LogP contribution < -0.4 is 5.32 Å². The van der Waals surface area contributed by atoms with Crippen LogP contribution in [0.3, 0.4) is 0 Å². The number of fused-ring (bicyclic) bond motifs is 1. The first-order valence-electron chi connectivity index (χ1n) is 10.7. The van der Waals surface area contributed by atoms with Crippen LogP contribution in [0.2, 0.25) is 0 Å².